The lowest BCUT2D eigenvalue weighted by Crippen LogP contribution is -2.42. The van der Waals surface area contributed by atoms with Crippen LogP contribution in [0.5, 0.6) is 0 Å². The van der Waals surface area contributed by atoms with Crippen molar-refractivity contribution < 1.29 is 9.13 Å². The van der Waals surface area contributed by atoms with Crippen molar-refractivity contribution in [3.8, 4) is 6.07 Å². The SMILES string of the molecule is COCC1(F)CC(C#N)C1. The first-order chi connectivity index (χ1) is 4.70. The van der Waals surface area contributed by atoms with E-state index in [1.807, 2.05) is 6.07 Å². The fourth-order valence-corrected chi connectivity index (χ4v) is 1.29. The van der Waals surface area contributed by atoms with E-state index in [-0.39, 0.29) is 12.5 Å². The summed E-state index contributed by atoms with van der Waals surface area (Å²) in [5, 5.41) is 8.33. The smallest absolute Gasteiger partial charge is 0.136 e. The van der Waals surface area contributed by atoms with Crippen LogP contribution in [0.25, 0.3) is 0 Å². The van der Waals surface area contributed by atoms with E-state index in [0.29, 0.717) is 12.8 Å². The number of nitrogens with zero attached hydrogens (tertiary/aromatic N) is 1. The van der Waals surface area contributed by atoms with E-state index in [2.05, 4.69) is 4.74 Å². The number of nitriles is 1. The highest BCUT2D eigenvalue weighted by molar-refractivity contribution is 5.03. The third-order valence-corrected chi connectivity index (χ3v) is 1.81. The van der Waals surface area contributed by atoms with E-state index in [4.69, 9.17) is 5.26 Å². The largest absolute Gasteiger partial charge is 0.381 e. The van der Waals surface area contributed by atoms with Gasteiger partial charge in [-0.2, -0.15) is 5.26 Å². The molecule has 0 aromatic rings. The minimum Gasteiger partial charge on any atom is -0.381 e. The summed E-state index contributed by atoms with van der Waals surface area (Å²) in [5.41, 5.74) is -1.20. The summed E-state index contributed by atoms with van der Waals surface area (Å²) in [7, 11) is 1.47. The van der Waals surface area contributed by atoms with Gasteiger partial charge in [0.2, 0.25) is 0 Å². The molecule has 1 aliphatic carbocycles. The number of halogens is 1. The van der Waals surface area contributed by atoms with Crippen molar-refractivity contribution in [3.05, 3.63) is 0 Å². The molecule has 0 saturated heterocycles. The number of alkyl halides is 1. The van der Waals surface area contributed by atoms with Crippen LogP contribution < -0.4 is 0 Å². The van der Waals surface area contributed by atoms with Crippen molar-refractivity contribution in [2.24, 2.45) is 5.92 Å². The van der Waals surface area contributed by atoms with Gasteiger partial charge in [0.25, 0.3) is 0 Å². The van der Waals surface area contributed by atoms with Crippen molar-refractivity contribution in [3.63, 3.8) is 0 Å². The van der Waals surface area contributed by atoms with Crippen molar-refractivity contribution >= 4 is 0 Å². The van der Waals surface area contributed by atoms with Crippen LogP contribution >= 0.6 is 0 Å². The van der Waals surface area contributed by atoms with Crippen LogP contribution in [0.4, 0.5) is 4.39 Å². The fraction of sp³-hybridized carbons (Fsp3) is 0.857. The molecule has 3 heteroatoms. The first-order valence-electron chi connectivity index (χ1n) is 3.28. The Kier molecular flexibility index (Phi) is 1.91. The zero-order valence-electron chi connectivity index (χ0n) is 5.93. The van der Waals surface area contributed by atoms with Crippen LogP contribution in [0.1, 0.15) is 12.8 Å². The first kappa shape index (κ1) is 7.49. The first-order valence-corrected chi connectivity index (χ1v) is 3.28. The highest BCUT2D eigenvalue weighted by Crippen LogP contribution is 2.40. The second kappa shape index (κ2) is 2.55. The van der Waals surface area contributed by atoms with Gasteiger partial charge < -0.3 is 4.74 Å². The number of hydrogen-bond donors (Lipinski definition) is 0. The van der Waals surface area contributed by atoms with Gasteiger partial charge in [-0.15, -0.1) is 0 Å². The highest BCUT2D eigenvalue weighted by Gasteiger charge is 2.44. The lowest BCUT2D eigenvalue weighted by atomic mass is 9.73. The molecular formula is C7H10FNO. The summed E-state index contributed by atoms with van der Waals surface area (Å²) >= 11 is 0. The Morgan fingerprint density at radius 2 is 2.40 bits per heavy atom. The molecule has 10 heavy (non-hydrogen) atoms. The molecule has 0 heterocycles. The van der Waals surface area contributed by atoms with Crippen LogP contribution in [0.2, 0.25) is 0 Å². The Labute approximate surface area is 59.6 Å². The Balaban J connectivity index is 2.29. The average molecular weight is 143 g/mol. The Bertz CT molecular complexity index is 157. The number of ether oxygens (including phenoxy) is 1. The highest BCUT2D eigenvalue weighted by atomic mass is 19.1. The summed E-state index contributed by atoms with van der Waals surface area (Å²) in [4.78, 5) is 0. The number of methoxy groups -OCH3 is 1. The molecule has 0 spiro atoms. The molecule has 1 saturated carbocycles. The molecule has 0 N–H and O–H groups in total. The zero-order chi connectivity index (χ0) is 7.61. The van der Waals surface area contributed by atoms with E-state index < -0.39 is 5.67 Å². The van der Waals surface area contributed by atoms with Crippen molar-refractivity contribution in [2.45, 2.75) is 18.5 Å². The molecule has 0 aromatic heterocycles. The summed E-state index contributed by atoms with van der Waals surface area (Å²) in [5.74, 6) is -0.0832. The van der Waals surface area contributed by atoms with Crippen molar-refractivity contribution in [1.82, 2.24) is 0 Å². The van der Waals surface area contributed by atoms with Gasteiger partial charge in [0.15, 0.2) is 0 Å². The maximum atomic E-state index is 13.1. The molecule has 0 amide bonds. The molecular weight excluding hydrogens is 133 g/mol. The lowest BCUT2D eigenvalue weighted by molar-refractivity contribution is -0.0373. The quantitative estimate of drug-likeness (QED) is 0.583. The fourth-order valence-electron chi connectivity index (χ4n) is 1.29. The monoisotopic (exact) mass is 143 g/mol. The second-order valence-corrected chi connectivity index (χ2v) is 2.82. The molecule has 0 aliphatic heterocycles. The molecule has 1 aliphatic rings. The molecule has 56 valence electrons. The van der Waals surface area contributed by atoms with Gasteiger partial charge in [-0.25, -0.2) is 4.39 Å². The number of hydrogen-bond acceptors (Lipinski definition) is 2. The molecule has 0 atom stereocenters. The maximum absolute atomic E-state index is 13.1. The Hall–Kier alpha value is -0.620. The summed E-state index contributed by atoms with van der Waals surface area (Å²) in [6.07, 6.45) is 0.689. The molecule has 1 fully saturated rings. The standard InChI is InChI=1S/C7H10FNO/c1-10-5-7(8)2-6(3-7)4-9/h6H,2-3,5H2,1H3. The van der Waals surface area contributed by atoms with Crippen LogP contribution in [-0.2, 0) is 4.74 Å². The molecule has 0 bridgehead atoms. The predicted octanol–water partition coefficient (Wildman–Crippen LogP) is 1.27. The Morgan fingerprint density at radius 3 is 2.80 bits per heavy atom. The van der Waals surface area contributed by atoms with Gasteiger partial charge in [0.05, 0.1) is 18.6 Å². The van der Waals surface area contributed by atoms with Crippen LogP contribution in [0, 0.1) is 17.2 Å². The molecule has 0 aromatic carbocycles. The minimum absolute atomic E-state index is 0.0832. The number of rotatable bonds is 2. The van der Waals surface area contributed by atoms with E-state index in [9.17, 15) is 4.39 Å². The minimum atomic E-state index is -1.20. The van der Waals surface area contributed by atoms with Gasteiger partial charge in [-0.1, -0.05) is 0 Å². The topological polar surface area (TPSA) is 33.0 Å². The molecule has 1 rings (SSSR count). The molecule has 0 radical (unpaired) electrons. The zero-order valence-corrected chi connectivity index (χ0v) is 5.93. The molecule has 0 unspecified atom stereocenters. The van der Waals surface area contributed by atoms with Crippen LogP contribution in [0.3, 0.4) is 0 Å². The van der Waals surface area contributed by atoms with E-state index in [0.717, 1.165) is 0 Å². The normalized spacial score (nSPS) is 38.3. The van der Waals surface area contributed by atoms with E-state index in [1.165, 1.54) is 7.11 Å². The lowest BCUT2D eigenvalue weighted by Gasteiger charge is -2.36. The maximum Gasteiger partial charge on any atom is 0.136 e. The van der Waals surface area contributed by atoms with Crippen molar-refractivity contribution in [1.29, 1.82) is 5.26 Å². The van der Waals surface area contributed by atoms with Gasteiger partial charge in [0, 0.05) is 7.11 Å². The second-order valence-electron chi connectivity index (χ2n) is 2.82. The summed E-state index contributed by atoms with van der Waals surface area (Å²) in [6.45, 7) is 0.130. The summed E-state index contributed by atoms with van der Waals surface area (Å²) < 4.78 is 17.7. The van der Waals surface area contributed by atoms with E-state index >= 15 is 0 Å². The third-order valence-electron chi connectivity index (χ3n) is 1.81. The summed E-state index contributed by atoms with van der Waals surface area (Å²) in [6, 6.07) is 2.02. The predicted molar refractivity (Wildman–Crippen MR) is 34.1 cm³/mol. The molecule has 2 nitrogen and oxygen atoms in total. The average Bonchev–Trinajstić information content (AvgIpc) is 1.83. The Morgan fingerprint density at radius 1 is 1.80 bits per heavy atom. The van der Waals surface area contributed by atoms with Crippen LogP contribution in [-0.4, -0.2) is 19.4 Å². The van der Waals surface area contributed by atoms with Gasteiger partial charge in [0.1, 0.15) is 5.67 Å². The van der Waals surface area contributed by atoms with Gasteiger partial charge >= 0.3 is 0 Å². The van der Waals surface area contributed by atoms with E-state index in [1.54, 1.807) is 0 Å². The van der Waals surface area contributed by atoms with Gasteiger partial charge in [-0.05, 0) is 12.8 Å². The van der Waals surface area contributed by atoms with Crippen LogP contribution in [0.15, 0.2) is 0 Å². The van der Waals surface area contributed by atoms with Crippen molar-refractivity contribution in [2.75, 3.05) is 13.7 Å². The van der Waals surface area contributed by atoms with Gasteiger partial charge in [-0.3, -0.25) is 0 Å². The third kappa shape index (κ3) is 1.27.